The quantitative estimate of drug-likeness (QED) is 0.524. The summed E-state index contributed by atoms with van der Waals surface area (Å²) in [6, 6.07) is 16.9. The van der Waals surface area contributed by atoms with Crippen LogP contribution < -0.4 is 23.8 Å². The van der Waals surface area contributed by atoms with Crippen molar-refractivity contribution in [1.82, 2.24) is 0 Å². The number of sulfonamides is 1. The molecule has 0 spiro atoms. The molecule has 184 valence electrons. The molecule has 0 saturated heterocycles. The highest BCUT2D eigenvalue weighted by Crippen LogP contribution is 2.33. The van der Waals surface area contributed by atoms with E-state index in [9.17, 15) is 13.2 Å². The third-order valence-electron chi connectivity index (χ3n) is 5.59. The number of hydrogen-bond acceptors (Lipinski definition) is 6. The normalized spacial score (nSPS) is 13.0. The summed E-state index contributed by atoms with van der Waals surface area (Å²) >= 11 is 0. The van der Waals surface area contributed by atoms with Crippen molar-refractivity contribution >= 4 is 27.3 Å². The maximum Gasteiger partial charge on any atom is 0.265 e. The number of hydrogen-bond donors (Lipinski definition) is 1. The van der Waals surface area contributed by atoms with Gasteiger partial charge in [-0.2, -0.15) is 0 Å². The lowest BCUT2D eigenvalue weighted by atomic mass is 10.2. The molecule has 3 aromatic carbocycles. The predicted octanol–water partition coefficient (Wildman–Crippen LogP) is 4.31. The molecule has 8 nitrogen and oxygen atoms in total. The Morgan fingerprint density at radius 1 is 0.971 bits per heavy atom. The molecule has 9 heteroatoms. The zero-order valence-corrected chi connectivity index (χ0v) is 20.7. The van der Waals surface area contributed by atoms with E-state index < -0.39 is 22.5 Å². The molecule has 0 fully saturated rings. The summed E-state index contributed by atoms with van der Waals surface area (Å²) in [7, 11) is -2.52. The second-order valence-electron chi connectivity index (χ2n) is 8.24. The Hall–Kier alpha value is -3.72. The van der Waals surface area contributed by atoms with E-state index in [1.807, 2.05) is 13.0 Å². The van der Waals surface area contributed by atoms with Gasteiger partial charge in [0.2, 0.25) is 5.91 Å². The number of nitrogens with one attached hydrogen (secondary N) is 1. The summed E-state index contributed by atoms with van der Waals surface area (Å²) in [4.78, 5) is 13.2. The largest absolute Gasteiger partial charge is 0.497 e. The van der Waals surface area contributed by atoms with Crippen LogP contribution in [-0.2, 0) is 14.8 Å². The molecule has 0 aliphatic carbocycles. The van der Waals surface area contributed by atoms with Gasteiger partial charge in [0.25, 0.3) is 10.0 Å². The number of carbonyl (C=O) groups excluding carboxylic acids is 1. The molecule has 0 saturated carbocycles. The van der Waals surface area contributed by atoms with Crippen molar-refractivity contribution < 1.29 is 27.4 Å². The van der Waals surface area contributed by atoms with E-state index in [0.29, 0.717) is 47.4 Å². The highest BCUT2D eigenvalue weighted by atomic mass is 32.2. The van der Waals surface area contributed by atoms with Crippen molar-refractivity contribution in [3.63, 3.8) is 0 Å². The van der Waals surface area contributed by atoms with E-state index >= 15 is 0 Å². The van der Waals surface area contributed by atoms with Gasteiger partial charge in [-0.15, -0.1) is 0 Å². The fraction of sp³-hybridized carbons (Fsp3) is 0.269. The fourth-order valence-corrected chi connectivity index (χ4v) is 5.47. The monoisotopic (exact) mass is 496 g/mol. The minimum atomic E-state index is -4.05. The standard InChI is InChI=1S/C26H28N2O6S/c1-18-5-6-19(2)25(15-18)35(30,31)28(21-8-10-22(32-3)11-9-21)17-26(29)27-20-7-12-23-24(16-20)34-14-4-13-33-23/h5-12,15-16H,4,13-14,17H2,1-3H3,(H,27,29). The number of fused-ring (bicyclic) bond motifs is 1. The molecule has 1 aliphatic rings. The molecule has 4 rings (SSSR count). The van der Waals surface area contributed by atoms with Gasteiger partial charge in [0.1, 0.15) is 12.3 Å². The van der Waals surface area contributed by atoms with E-state index in [1.54, 1.807) is 61.5 Å². The van der Waals surface area contributed by atoms with Crippen LogP contribution in [0.15, 0.2) is 65.6 Å². The molecule has 1 amide bonds. The molecular formula is C26H28N2O6S. The second-order valence-corrected chi connectivity index (χ2v) is 10.1. The number of rotatable bonds is 7. The van der Waals surface area contributed by atoms with E-state index in [0.717, 1.165) is 16.3 Å². The number of amides is 1. The van der Waals surface area contributed by atoms with Crippen molar-refractivity contribution in [3.8, 4) is 17.2 Å². The second kappa shape index (κ2) is 10.3. The Morgan fingerprint density at radius 3 is 2.40 bits per heavy atom. The highest BCUT2D eigenvalue weighted by molar-refractivity contribution is 7.93. The number of ether oxygens (including phenoxy) is 3. The van der Waals surface area contributed by atoms with Crippen LogP contribution in [0.4, 0.5) is 11.4 Å². The SMILES string of the molecule is COc1ccc(N(CC(=O)Nc2ccc3c(c2)OCCCO3)S(=O)(=O)c2cc(C)ccc2C)cc1. The number of anilines is 2. The average molecular weight is 497 g/mol. The zero-order chi connectivity index (χ0) is 25.0. The minimum Gasteiger partial charge on any atom is -0.497 e. The third kappa shape index (κ3) is 5.51. The molecule has 0 bridgehead atoms. The summed E-state index contributed by atoms with van der Waals surface area (Å²) in [5, 5.41) is 2.78. The lowest BCUT2D eigenvalue weighted by Gasteiger charge is -2.25. The summed E-state index contributed by atoms with van der Waals surface area (Å²) in [5.74, 6) is 1.23. The first-order valence-corrected chi connectivity index (χ1v) is 12.7. The average Bonchev–Trinajstić information content (AvgIpc) is 3.09. The van der Waals surface area contributed by atoms with Gasteiger partial charge in [-0.1, -0.05) is 12.1 Å². The van der Waals surface area contributed by atoms with Crippen molar-refractivity contribution in [2.24, 2.45) is 0 Å². The molecule has 1 N–H and O–H groups in total. The maximum absolute atomic E-state index is 13.8. The lowest BCUT2D eigenvalue weighted by molar-refractivity contribution is -0.114. The van der Waals surface area contributed by atoms with Crippen molar-refractivity contribution in [3.05, 3.63) is 71.8 Å². The Morgan fingerprint density at radius 2 is 1.69 bits per heavy atom. The van der Waals surface area contributed by atoms with Crippen LogP contribution in [-0.4, -0.2) is 41.2 Å². The van der Waals surface area contributed by atoms with Gasteiger partial charge in [0, 0.05) is 18.2 Å². The molecule has 0 radical (unpaired) electrons. The summed E-state index contributed by atoms with van der Waals surface area (Å²) < 4.78 is 45.1. The third-order valence-corrected chi connectivity index (χ3v) is 7.51. The van der Waals surface area contributed by atoms with E-state index in [-0.39, 0.29) is 4.90 Å². The van der Waals surface area contributed by atoms with Gasteiger partial charge in [-0.05, 0) is 67.4 Å². The molecule has 0 aromatic heterocycles. The zero-order valence-electron chi connectivity index (χ0n) is 19.9. The van der Waals surface area contributed by atoms with E-state index in [4.69, 9.17) is 14.2 Å². The van der Waals surface area contributed by atoms with Crippen molar-refractivity contribution in [1.29, 1.82) is 0 Å². The van der Waals surface area contributed by atoms with Crippen LogP contribution in [0.1, 0.15) is 17.5 Å². The number of nitrogens with zero attached hydrogens (tertiary/aromatic N) is 1. The Kier molecular flexibility index (Phi) is 7.16. The number of carbonyl (C=O) groups is 1. The lowest BCUT2D eigenvalue weighted by Crippen LogP contribution is -2.38. The van der Waals surface area contributed by atoms with Gasteiger partial charge >= 0.3 is 0 Å². The molecule has 3 aromatic rings. The molecule has 35 heavy (non-hydrogen) atoms. The van der Waals surface area contributed by atoms with Crippen LogP contribution >= 0.6 is 0 Å². The first-order valence-electron chi connectivity index (χ1n) is 11.2. The summed E-state index contributed by atoms with van der Waals surface area (Å²) in [6.07, 6.45) is 0.767. The van der Waals surface area contributed by atoms with Crippen LogP contribution in [0.25, 0.3) is 0 Å². The van der Waals surface area contributed by atoms with Gasteiger partial charge in [0.15, 0.2) is 11.5 Å². The number of methoxy groups -OCH3 is 1. The van der Waals surface area contributed by atoms with Gasteiger partial charge in [-0.25, -0.2) is 8.42 Å². The molecule has 0 unspecified atom stereocenters. The van der Waals surface area contributed by atoms with Gasteiger partial charge in [-0.3, -0.25) is 9.10 Å². The van der Waals surface area contributed by atoms with Gasteiger partial charge < -0.3 is 19.5 Å². The van der Waals surface area contributed by atoms with Crippen LogP contribution in [0.5, 0.6) is 17.2 Å². The molecular weight excluding hydrogens is 468 g/mol. The smallest absolute Gasteiger partial charge is 0.265 e. The number of aryl methyl sites for hydroxylation is 2. The molecule has 0 atom stereocenters. The summed E-state index contributed by atoms with van der Waals surface area (Å²) in [6.45, 7) is 4.22. The highest BCUT2D eigenvalue weighted by Gasteiger charge is 2.29. The van der Waals surface area contributed by atoms with E-state index in [2.05, 4.69) is 5.32 Å². The van der Waals surface area contributed by atoms with Crippen molar-refractivity contribution in [2.45, 2.75) is 25.2 Å². The Bertz CT molecular complexity index is 1320. The van der Waals surface area contributed by atoms with Crippen LogP contribution in [0.3, 0.4) is 0 Å². The maximum atomic E-state index is 13.8. The first-order chi connectivity index (χ1) is 16.8. The molecule has 1 heterocycles. The van der Waals surface area contributed by atoms with E-state index in [1.165, 1.54) is 7.11 Å². The number of benzene rings is 3. The van der Waals surface area contributed by atoms with Gasteiger partial charge in [0.05, 0.1) is 30.9 Å². The summed E-state index contributed by atoms with van der Waals surface area (Å²) in [5.41, 5.74) is 2.23. The molecule has 1 aliphatic heterocycles. The Balaban J connectivity index is 1.64. The minimum absolute atomic E-state index is 0.150. The Labute approximate surface area is 205 Å². The first kappa shape index (κ1) is 24.4. The van der Waals surface area contributed by atoms with Crippen molar-refractivity contribution in [2.75, 3.05) is 36.5 Å². The predicted molar refractivity (Wildman–Crippen MR) is 134 cm³/mol. The van der Waals surface area contributed by atoms with Crippen LogP contribution in [0, 0.1) is 13.8 Å². The van der Waals surface area contributed by atoms with Crippen LogP contribution in [0.2, 0.25) is 0 Å². The topological polar surface area (TPSA) is 94.2 Å². The fourth-order valence-electron chi connectivity index (χ4n) is 3.74.